The second-order valence-electron chi connectivity index (χ2n) is 8.03. The smallest absolute Gasteiger partial charge is 0.416 e. The molecule has 1 saturated heterocycles. The molecule has 1 fully saturated rings. The Balaban J connectivity index is 0.00000341. The first kappa shape index (κ1) is 25.3. The zero-order chi connectivity index (χ0) is 21.9. The van der Waals surface area contributed by atoms with Crippen molar-refractivity contribution >= 4 is 18.1 Å². The summed E-state index contributed by atoms with van der Waals surface area (Å²) in [6, 6.07) is 9.56. The predicted molar refractivity (Wildman–Crippen MR) is 119 cm³/mol. The van der Waals surface area contributed by atoms with Gasteiger partial charge in [0.1, 0.15) is 18.5 Å². The van der Waals surface area contributed by atoms with Crippen LogP contribution in [-0.4, -0.2) is 55.4 Å². The third-order valence-corrected chi connectivity index (χ3v) is 5.40. The van der Waals surface area contributed by atoms with E-state index < -0.39 is 17.8 Å². The van der Waals surface area contributed by atoms with E-state index in [9.17, 15) is 18.3 Å². The van der Waals surface area contributed by atoms with Crippen LogP contribution in [0.15, 0.2) is 36.4 Å². The van der Waals surface area contributed by atoms with Gasteiger partial charge in [-0.2, -0.15) is 13.2 Å². The van der Waals surface area contributed by atoms with Gasteiger partial charge in [0, 0.05) is 38.4 Å². The lowest BCUT2D eigenvalue weighted by atomic mass is 10.1. The normalized spacial score (nSPS) is 16.0. The summed E-state index contributed by atoms with van der Waals surface area (Å²) in [6.45, 7) is 9.29. The number of halogens is 4. The first-order chi connectivity index (χ1) is 14.1. The number of alkyl halides is 3. The first-order valence-electron chi connectivity index (χ1n) is 10.2. The van der Waals surface area contributed by atoms with Crippen molar-refractivity contribution in [3.8, 4) is 5.75 Å². The highest BCUT2D eigenvalue weighted by Gasteiger charge is 2.31. The summed E-state index contributed by atoms with van der Waals surface area (Å²) in [7, 11) is 0. The molecule has 172 valence electrons. The minimum absolute atomic E-state index is 0. The number of ether oxygens (including phenoxy) is 1. The lowest BCUT2D eigenvalue weighted by Gasteiger charge is -2.37. The van der Waals surface area contributed by atoms with Gasteiger partial charge in [0.15, 0.2) is 0 Å². The number of anilines is 1. The van der Waals surface area contributed by atoms with Crippen LogP contribution >= 0.6 is 12.4 Å². The van der Waals surface area contributed by atoms with Crippen LogP contribution in [0, 0.1) is 20.8 Å². The van der Waals surface area contributed by atoms with Crippen molar-refractivity contribution in [2.75, 3.05) is 44.2 Å². The molecule has 31 heavy (non-hydrogen) atoms. The molecule has 1 aliphatic rings. The molecule has 1 N–H and O–H groups in total. The molecule has 2 aromatic rings. The fraction of sp³-hybridized carbons (Fsp3) is 0.478. The van der Waals surface area contributed by atoms with Crippen LogP contribution in [0.2, 0.25) is 0 Å². The van der Waals surface area contributed by atoms with E-state index in [4.69, 9.17) is 4.74 Å². The number of rotatable bonds is 6. The van der Waals surface area contributed by atoms with E-state index in [2.05, 4.69) is 17.0 Å². The number of aliphatic hydroxyl groups is 1. The summed E-state index contributed by atoms with van der Waals surface area (Å²) in [4.78, 5) is 4.07. The maximum Gasteiger partial charge on any atom is 0.416 e. The van der Waals surface area contributed by atoms with Crippen molar-refractivity contribution in [2.24, 2.45) is 0 Å². The summed E-state index contributed by atoms with van der Waals surface area (Å²) < 4.78 is 44.7. The van der Waals surface area contributed by atoms with E-state index in [-0.39, 0.29) is 19.0 Å². The number of nitrogens with zero attached hydrogens (tertiary/aromatic N) is 2. The zero-order valence-corrected chi connectivity index (χ0v) is 18.9. The van der Waals surface area contributed by atoms with Crippen molar-refractivity contribution < 1.29 is 23.0 Å². The number of aryl methyl sites for hydroxylation is 3. The average Bonchev–Trinajstić information content (AvgIpc) is 2.67. The largest absolute Gasteiger partial charge is 0.490 e. The summed E-state index contributed by atoms with van der Waals surface area (Å²) in [6.07, 6.45) is -4.97. The van der Waals surface area contributed by atoms with E-state index in [1.165, 1.54) is 17.7 Å². The standard InChI is InChI=1S/C23H29F3N2O2.ClH/c1-16-11-17(2)22(18(3)12-16)30-15-21(29)14-27-7-9-28(10-8-27)20-6-4-5-19(13-20)23(24,25)26;/h4-6,11-13,21,29H,7-10,14-15H2,1-3H3;1H. The molecule has 8 heteroatoms. The number of β-amino-alcohol motifs (C(OH)–C–C–N with tert-alkyl or cyclic N) is 1. The highest BCUT2D eigenvalue weighted by molar-refractivity contribution is 5.85. The molecule has 0 aliphatic carbocycles. The van der Waals surface area contributed by atoms with Gasteiger partial charge in [-0.05, 0) is 50.1 Å². The van der Waals surface area contributed by atoms with E-state index in [0.29, 0.717) is 38.4 Å². The summed E-state index contributed by atoms with van der Waals surface area (Å²) in [5.41, 5.74) is 3.23. The van der Waals surface area contributed by atoms with Crippen molar-refractivity contribution in [3.05, 3.63) is 58.7 Å². The van der Waals surface area contributed by atoms with Crippen molar-refractivity contribution in [2.45, 2.75) is 33.1 Å². The van der Waals surface area contributed by atoms with Gasteiger partial charge in [-0.15, -0.1) is 12.4 Å². The number of aliphatic hydroxyl groups excluding tert-OH is 1. The Labute approximate surface area is 188 Å². The van der Waals surface area contributed by atoms with Crippen LogP contribution < -0.4 is 9.64 Å². The maximum atomic E-state index is 12.9. The lowest BCUT2D eigenvalue weighted by molar-refractivity contribution is -0.137. The second-order valence-corrected chi connectivity index (χ2v) is 8.03. The number of piperazine rings is 1. The second kappa shape index (κ2) is 10.6. The highest BCUT2D eigenvalue weighted by Crippen LogP contribution is 2.32. The summed E-state index contributed by atoms with van der Waals surface area (Å²) in [5.74, 6) is 0.814. The topological polar surface area (TPSA) is 35.9 Å². The van der Waals surface area contributed by atoms with E-state index >= 15 is 0 Å². The number of benzene rings is 2. The molecule has 0 amide bonds. The fourth-order valence-corrected chi connectivity index (χ4v) is 3.99. The monoisotopic (exact) mass is 458 g/mol. The van der Waals surface area contributed by atoms with Crippen LogP contribution in [-0.2, 0) is 6.18 Å². The van der Waals surface area contributed by atoms with Gasteiger partial charge in [-0.25, -0.2) is 0 Å². The Kier molecular flexibility index (Phi) is 8.63. The van der Waals surface area contributed by atoms with Gasteiger partial charge in [0.2, 0.25) is 0 Å². The predicted octanol–water partition coefficient (Wildman–Crippen LogP) is 4.61. The molecule has 0 radical (unpaired) electrons. The third-order valence-electron chi connectivity index (χ3n) is 5.40. The molecule has 2 aromatic carbocycles. The Bertz CT molecular complexity index is 845. The van der Waals surface area contributed by atoms with Gasteiger partial charge in [0.05, 0.1) is 5.56 Å². The molecular weight excluding hydrogens is 429 g/mol. The average molecular weight is 459 g/mol. The molecule has 1 aliphatic heterocycles. The first-order valence-corrected chi connectivity index (χ1v) is 10.2. The molecule has 0 spiro atoms. The van der Waals surface area contributed by atoms with Crippen molar-refractivity contribution in [1.29, 1.82) is 0 Å². The number of hydrogen-bond acceptors (Lipinski definition) is 4. The molecule has 0 saturated carbocycles. The van der Waals surface area contributed by atoms with E-state index in [1.54, 1.807) is 6.07 Å². The third kappa shape index (κ3) is 6.76. The lowest BCUT2D eigenvalue weighted by Crippen LogP contribution is -2.49. The molecule has 0 bridgehead atoms. The van der Waals surface area contributed by atoms with Gasteiger partial charge in [-0.1, -0.05) is 23.8 Å². The molecular formula is C23H30ClF3N2O2. The SMILES string of the molecule is Cc1cc(C)c(OCC(O)CN2CCN(c3cccc(C(F)(F)F)c3)CC2)c(C)c1.Cl. The van der Waals surface area contributed by atoms with E-state index in [1.807, 2.05) is 25.7 Å². The minimum Gasteiger partial charge on any atom is -0.490 e. The van der Waals surface area contributed by atoms with Gasteiger partial charge >= 0.3 is 6.18 Å². The van der Waals surface area contributed by atoms with Gasteiger partial charge in [0.25, 0.3) is 0 Å². The summed E-state index contributed by atoms with van der Waals surface area (Å²) in [5, 5.41) is 10.4. The van der Waals surface area contributed by atoms with Crippen LogP contribution in [0.25, 0.3) is 0 Å². The Hall–Kier alpha value is -1.96. The van der Waals surface area contributed by atoms with E-state index in [0.717, 1.165) is 22.9 Å². The van der Waals surface area contributed by atoms with Crippen LogP contribution in [0.1, 0.15) is 22.3 Å². The van der Waals surface area contributed by atoms with Gasteiger partial charge in [-0.3, -0.25) is 4.90 Å². The summed E-state index contributed by atoms with van der Waals surface area (Å²) >= 11 is 0. The Morgan fingerprint density at radius 2 is 1.61 bits per heavy atom. The van der Waals surface area contributed by atoms with Crippen LogP contribution in [0.5, 0.6) is 5.75 Å². The van der Waals surface area contributed by atoms with Crippen molar-refractivity contribution in [3.63, 3.8) is 0 Å². The molecule has 1 atom stereocenters. The Morgan fingerprint density at radius 1 is 1.00 bits per heavy atom. The number of hydrogen-bond donors (Lipinski definition) is 1. The van der Waals surface area contributed by atoms with Crippen LogP contribution in [0.3, 0.4) is 0 Å². The van der Waals surface area contributed by atoms with Crippen LogP contribution in [0.4, 0.5) is 18.9 Å². The molecule has 3 rings (SSSR count). The fourth-order valence-electron chi connectivity index (χ4n) is 3.99. The van der Waals surface area contributed by atoms with Gasteiger partial charge < -0.3 is 14.7 Å². The molecule has 0 aromatic heterocycles. The molecule has 1 unspecified atom stereocenters. The molecule has 1 heterocycles. The minimum atomic E-state index is -4.34. The molecule has 4 nitrogen and oxygen atoms in total. The zero-order valence-electron chi connectivity index (χ0n) is 18.1. The quantitative estimate of drug-likeness (QED) is 0.685. The Morgan fingerprint density at radius 3 is 2.19 bits per heavy atom. The van der Waals surface area contributed by atoms with Crippen molar-refractivity contribution in [1.82, 2.24) is 4.90 Å². The highest BCUT2D eigenvalue weighted by atomic mass is 35.5. The maximum absolute atomic E-state index is 12.9.